The zero-order chi connectivity index (χ0) is 9.19. The van der Waals surface area contributed by atoms with Gasteiger partial charge in [0.2, 0.25) is 0 Å². The van der Waals surface area contributed by atoms with Crippen LogP contribution in [0.15, 0.2) is 18.2 Å². The van der Waals surface area contributed by atoms with Gasteiger partial charge >= 0.3 is 0 Å². The largest absolute Gasteiger partial charge is 0.325 e. The van der Waals surface area contributed by atoms with Crippen molar-refractivity contribution in [1.29, 1.82) is 0 Å². The van der Waals surface area contributed by atoms with E-state index in [2.05, 4.69) is 4.98 Å². The van der Waals surface area contributed by atoms with Crippen molar-refractivity contribution in [2.24, 2.45) is 5.73 Å². The molecule has 2 nitrogen and oxygen atoms in total. The minimum Gasteiger partial charge on any atom is -0.325 e. The van der Waals surface area contributed by atoms with Crippen molar-refractivity contribution in [3.8, 4) is 0 Å². The first-order chi connectivity index (χ1) is 5.47. The smallest absolute Gasteiger partial charge is 0.129 e. The summed E-state index contributed by atoms with van der Waals surface area (Å²) in [6, 6.07) is 5.57. The van der Waals surface area contributed by atoms with Gasteiger partial charge in [-0.1, -0.05) is 17.7 Å². The molecule has 12 heavy (non-hydrogen) atoms. The third kappa shape index (κ3) is 3.20. The van der Waals surface area contributed by atoms with E-state index in [0.717, 1.165) is 12.1 Å². The summed E-state index contributed by atoms with van der Waals surface area (Å²) in [4.78, 5) is 4.14. The van der Waals surface area contributed by atoms with Crippen molar-refractivity contribution >= 4 is 11.6 Å². The second-order valence-corrected chi connectivity index (χ2v) is 4.00. The van der Waals surface area contributed by atoms with Crippen LogP contribution < -0.4 is 5.73 Å². The van der Waals surface area contributed by atoms with Crippen LogP contribution in [0.4, 0.5) is 0 Å². The van der Waals surface area contributed by atoms with Crippen molar-refractivity contribution in [2.75, 3.05) is 0 Å². The standard InChI is InChI=1S/C9H13ClN2/c1-9(2,11)6-7-4-3-5-8(10)12-7/h3-5H,6,11H2,1-2H3. The van der Waals surface area contributed by atoms with Gasteiger partial charge in [-0.25, -0.2) is 4.98 Å². The zero-order valence-electron chi connectivity index (χ0n) is 7.34. The van der Waals surface area contributed by atoms with Crippen molar-refractivity contribution in [1.82, 2.24) is 4.98 Å². The van der Waals surface area contributed by atoms with Crippen LogP contribution in [0.1, 0.15) is 19.5 Å². The molecule has 2 N–H and O–H groups in total. The van der Waals surface area contributed by atoms with E-state index >= 15 is 0 Å². The highest BCUT2D eigenvalue weighted by Crippen LogP contribution is 2.10. The summed E-state index contributed by atoms with van der Waals surface area (Å²) in [7, 11) is 0. The average Bonchev–Trinajstić information content (AvgIpc) is 1.82. The molecular weight excluding hydrogens is 172 g/mol. The summed E-state index contributed by atoms with van der Waals surface area (Å²) in [6.07, 6.45) is 0.744. The second kappa shape index (κ2) is 3.42. The Morgan fingerprint density at radius 2 is 2.17 bits per heavy atom. The van der Waals surface area contributed by atoms with E-state index in [4.69, 9.17) is 17.3 Å². The van der Waals surface area contributed by atoms with E-state index in [1.165, 1.54) is 0 Å². The lowest BCUT2D eigenvalue weighted by Crippen LogP contribution is -2.34. The maximum Gasteiger partial charge on any atom is 0.129 e. The fraction of sp³-hybridized carbons (Fsp3) is 0.444. The van der Waals surface area contributed by atoms with Gasteiger partial charge in [0.15, 0.2) is 0 Å². The van der Waals surface area contributed by atoms with Gasteiger partial charge in [0, 0.05) is 17.7 Å². The molecule has 0 saturated carbocycles. The Hall–Kier alpha value is -0.600. The van der Waals surface area contributed by atoms with Crippen LogP contribution in [0.25, 0.3) is 0 Å². The second-order valence-electron chi connectivity index (χ2n) is 3.62. The minimum atomic E-state index is -0.225. The molecule has 0 spiro atoms. The van der Waals surface area contributed by atoms with Crippen LogP contribution in [-0.4, -0.2) is 10.5 Å². The predicted molar refractivity (Wildman–Crippen MR) is 51.2 cm³/mol. The van der Waals surface area contributed by atoms with Gasteiger partial charge in [0.05, 0.1) is 0 Å². The van der Waals surface area contributed by atoms with Gasteiger partial charge in [-0.2, -0.15) is 0 Å². The molecule has 1 heterocycles. The molecule has 1 aromatic heterocycles. The Bertz CT molecular complexity index is 265. The molecule has 0 aliphatic rings. The molecule has 0 unspecified atom stereocenters. The van der Waals surface area contributed by atoms with Crippen molar-refractivity contribution < 1.29 is 0 Å². The Kier molecular flexibility index (Phi) is 2.70. The van der Waals surface area contributed by atoms with E-state index in [9.17, 15) is 0 Å². The van der Waals surface area contributed by atoms with Crippen LogP contribution in [-0.2, 0) is 6.42 Å². The first-order valence-corrected chi connectivity index (χ1v) is 4.25. The maximum absolute atomic E-state index is 5.83. The van der Waals surface area contributed by atoms with Crippen molar-refractivity contribution in [3.63, 3.8) is 0 Å². The Labute approximate surface area is 77.8 Å². The van der Waals surface area contributed by atoms with Crippen LogP contribution in [0, 0.1) is 0 Å². The molecule has 0 radical (unpaired) electrons. The third-order valence-electron chi connectivity index (χ3n) is 1.41. The molecule has 0 aromatic carbocycles. The lowest BCUT2D eigenvalue weighted by atomic mass is 10.00. The fourth-order valence-corrected chi connectivity index (χ4v) is 1.20. The summed E-state index contributed by atoms with van der Waals surface area (Å²) in [6.45, 7) is 3.94. The molecule has 0 saturated heterocycles. The van der Waals surface area contributed by atoms with Gasteiger partial charge in [-0.15, -0.1) is 0 Å². The molecule has 0 amide bonds. The molecule has 0 aliphatic heterocycles. The quantitative estimate of drug-likeness (QED) is 0.715. The van der Waals surface area contributed by atoms with E-state index in [-0.39, 0.29) is 5.54 Å². The normalized spacial score (nSPS) is 11.7. The van der Waals surface area contributed by atoms with Crippen LogP contribution in [0.3, 0.4) is 0 Å². The molecule has 3 heteroatoms. The fourth-order valence-electron chi connectivity index (χ4n) is 1.02. The zero-order valence-corrected chi connectivity index (χ0v) is 8.10. The first kappa shape index (κ1) is 9.49. The highest BCUT2D eigenvalue weighted by atomic mass is 35.5. The monoisotopic (exact) mass is 184 g/mol. The number of pyridine rings is 1. The SMILES string of the molecule is CC(C)(N)Cc1cccc(Cl)n1. The number of halogens is 1. The van der Waals surface area contributed by atoms with Crippen molar-refractivity contribution in [2.45, 2.75) is 25.8 Å². The third-order valence-corrected chi connectivity index (χ3v) is 1.62. The predicted octanol–water partition coefficient (Wildman–Crippen LogP) is 2.01. The summed E-state index contributed by atoms with van der Waals surface area (Å²) < 4.78 is 0. The number of hydrogen-bond acceptors (Lipinski definition) is 2. The summed E-state index contributed by atoms with van der Waals surface area (Å²) in [5, 5.41) is 0.525. The summed E-state index contributed by atoms with van der Waals surface area (Å²) in [5.74, 6) is 0. The molecule has 1 aromatic rings. The number of rotatable bonds is 2. The van der Waals surface area contributed by atoms with Crippen LogP contribution in [0.5, 0.6) is 0 Å². The molecule has 66 valence electrons. The number of nitrogens with two attached hydrogens (primary N) is 1. The van der Waals surface area contributed by atoms with Crippen LogP contribution in [0.2, 0.25) is 5.15 Å². The van der Waals surface area contributed by atoms with Crippen molar-refractivity contribution in [3.05, 3.63) is 29.0 Å². The van der Waals surface area contributed by atoms with Gasteiger partial charge in [-0.05, 0) is 26.0 Å². The van der Waals surface area contributed by atoms with Crippen LogP contribution >= 0.6 is 11.6 Å². The lowest BCUT2D eigenvalue weighted by molar-refractivity contribution is 0.510. The Morgan fingerprint density at radius 3 is 2.67 bits per heavy atom. The van der Waals surface area contributed by atoms with Gasteiger partial charge in [0.25, 0.3) is 0 Å². The van der Waals surface area contributed by atoms with E-state index in [1.807, 2.05) is 26.0 Å². The van der Waals surface area contributed by atoms with E-state index < -0.39 is 0 Å². The molecular formula is C9H13ClN2. The maximum atomic E-state index is 5.83. The Balaban J connectivity index is 2.77. The Morgan fingerprint density at radius 1 is 1.50 bits per heavy atom. The van der Waals surface area contributed by atoms with E-state index in [1.54, 1.807) is 6.07 Å². The molecule has 0 aliphatic carbocycles. The van der Waals surface area contributed by atoms with E-state index in [0.29, 0.717) is 5.15 Å². The summed E-state index contributed by atoms with van der Waals surface area (Å²) >= 11 is 5.72. The topological polar surface area (TPSA) is 38.9 Å². The molecule has 1 rings (SSSR count). The molecule has 0 bridgehead atoms. The molecule has 0 fully saturated rings. The highest BCUT2D eigenvalue weighted by molar-refractivity contribution is 6.29. The summed E-state index contributed by atoms with van der Waals surface area (Å²) in [5.41, 5.74) is 6.55. The van der Waals surface area contributed by atoms with Gasteiger partial charge in [-0.3, -0.25) is 0 Å². The van der Waals surface area contributed by atoms with Gasteiger partial charge in [0.1, 0.15) is 5.15 Å². The number of hydrogen-bond donors (Lipinski definition) is 1. The molecule has 0 atom stereocenters. The number of aromatic nitrogens is 1. The average molecular weight is 185 g/mol. The highest BCUT2D eigenvalue weighted by Gasteiger charge is 2.12. The first-order valence-electron chi connectivity index (χ1n) is 3.88. The minimum absolute atomic E-state index is 0.225. The lowest BCUT2D eigenvalue weighted by Gasteiger charge is -2.17. The number of nitrogens with zero attached hydrogens (tertiary/aromatic N) is 1. The van der Waals surface area contributed by atoms with Gasteiger partial charge < -0.3 is 5.73 Å².